The molecular weight excluding hydrogens is 419 g/mol. The van der Waals surface area contributed by atoms with Gasteiger partial charge in [0.05, 0.1) is 17.6 Å². The Morgan fingerprint density at radius 1 is 1.00 bits per heavy atom. The van der Waals surface area contributed by atoms with E-state index in [9.17, 15) is 26.4 Å². The van der Waals surface area contributed by atoms with Crippen LogP contribution in [0.5, 0.6) is 0 Å². The Kier molecular flexibility index (Phi) is 8.43. The molecule has 1 atom stereocenters. The molecule has 0 aliphatic heterocycles. The molecule has 2 rings (SSSR count). The first-order valence-electron chi connectivity index (χ1n) is 9.45. The molecule has 5 nitrogen and oxygen atoms in total. The highest BCUT2D eigenvalue weighted by atomic mass is 32.2. The number of carbonyl (C=O) groups excluding carboxylic acids is 1. The molecule has 0 bridgehead atoms. The molecule has 0 aromatic heterocycles. The Labute approximate surface area is 174 Å². The Hall–Kier alpha value is -2.39. The van der Waals surface area contributed by atoms with E-state index in [1.54, 1.807) is 30.3 Å². The molecule has 164 valence electrons. The van der Waals surface area contributed by atoms with E-state index in [1.807, 2.05) is 0 Å². The summed E-state index contributed by atoms with van der Waals surface area (Å²) in [6, 6.07) is 12.1. The normalized spacial score (nSPS) is 13.1. The van der Waals surface area contributed by atoms with Crippen molar-refractivity contribution in [2.45, 2.75) is 49.2 Å². The van der Waals surface area contributed by atoms with Crippen molar-refractivity contribution in [1.82, 2.24) is 4.72 Å². The molecule has 0 amide bonds. The molecule has 2 aromatic rings. The lowest BCUT2D eigenvalue weighted by Crippen LogP contribution is -2.30. The molecule has 0 heterocycles. The number of esters is 1. The van der Waals surface area contributed by atoms with Gasteiger partial charge in [0.15, 0.2) is 0 Å². The Morgan fingerprint density at radius 2 is 1.63 bits per heavy atom. The minimum absolute atomic E-state index is 0.261. The number of benzene rings is 2. The first kappa shape index (κ1) is 23.9. The first-order valence-corrected chi connectivity index (χ1v) is 10.9. The van der Waals surface area contributed by atoms with Crippen LogP contribution in [0, 0.1) is 0 Å². The predicted octanol–water partition coefficient (Wildman–Crippen LogP) is 4.85. The minimum Gasteiger partial charge on any atom is -0.469 e. The summed E-state index contributed by atoms with van der Waals surface area (Å²) < 4.78 is 72.5. The van der Waals surface area contributed by atoms with E-state index in [-0.39, 0.29) is 12.4 Å². The van der Waals surface area contributed by atoms with Crippen LogP contribution >= 0.6 is 0 Å². The second-order valence-corrected chi connectivity index (χ2v) is 8.44. The number of hydrogen-bond acceptors (Lipinski definition) is 4. The molecule has 0 saturated heterocycles. The van der Waals surface area contributed by atoms with Gasteiger partial charge in [-0.15, -0.1) is 0 Å². The van der Waals surface area contributed by atoms with Gasteiger partial charge in [-0.2, -0.15) is 13.2 Å². The summed E-state index contributed by atoms with van der Waals surface area (Å²) in [6.45, 7) is 0. The number of carbonyl (C=O) groups is 1. The maximum atomic E-state index is 13.3. The molecule has 1 N–H and O–H groups in total. The first-order chi connectivity index (χ1) is 14.1. The van der Waals surface area contributed by atoms with Crippen LogP contribution in [0.4, 0.5) is 13.2 Å². The van der Waals surface area contributed by atoms with Gasteiger partial charge in [-0.1, -0.05) is 55.3 Å². The highest BCUT2D eigenvalue weighted by Crippen LogP contribution is 2.34. The summed E-state index contributed by atoms with van der Waals surface area (Å²) in [7, 11) is -3.12. The van der Waals surface area contributed by atoms with Crippen molar-refractivity contribution in [3.63, 3.8) is 0 Å². The fourth-order valence-corrected chi connectivity index (χ4v) is 4.55. The lowest BCUT2D eigenvalue weighted by Gasteiger charge is -2.21. The number of rotatable bonds is 10. The highest BCUT2D eigenvalue weighted by molar-refractivity contribution is 7.89. The number of halogens is 3. The zero-order valence-electron chi connectivity index (χ0n) is 16.5. The van der Waals surface area contributed by atoms with Gasteiger partial charge in [-0.3, -0.25) is 4.79 Å². The molecule has 0 radical (unpaired) electrons. The number of alkyl halides is 3. The topological polar surface area (TPSA) is 72.5 Å². The molecule has 1 unspecified atom stereocenters. The molecule has 2 aromatic carbocycles. The van der Waals surface area contributed by atoms with Crippen molar-refractivity contribution in [3.8, 4) is 0 Å². The number of ether oxygens (including phenoxy) is 1. The molecule has 0 saturated carbocycles. The molecule has 0 aliphatic carbocycles. The molecule has 0 spiro atoms. The van der Waals surface area contributed by atoms with E-state index in [4.69, 9.17) is 0 Å². The molecule has 9 heteroatoms. The molecule has 30 heavy (non-hydrogen) atoms. The number of nitrogens with one attached hydrogen (secondary N) is 1. The van der Waals surface area contributed by atoms with Gasteiger partial charge < -0.3 is 4.74 Å². The summed E-state index contributed by atoms with van der Waals surface area (Å²) in [5, 5.41) is 0. The number of unbranched alkanes of at least 4 members (excludes halogenated alkanes) is 2. The van der Waals surface area contributed by atoms with Gasteiger partial charge >= 0.3 is 12.1 Å². The summed E-state index contributed by atoms with van der Waals surface area (Å²) in [5.74, 6) is -0.320. The van der Waals surface area contributed by atoms with Crippen LogP contribution in [0.25, 0.3) is 0 Å². The summed E-state index contributed by atoms with van der Waals surface area (Å²) in [6.07, 6.45) is -2.34. The monoisotopic (exact) mass is 443 g/mol. The van der Waals surface area contributed by atoms with Crippen LogP contribution in [0.1, 0.15) is 49.3 Å². The van der Waals surface area contributed by atoms with Gasteiger partial charge in [0.25, 0.3) is 0 Å². The lowest BCUT2D eigenvalue weighted by atomic mass is 10.0. The standard InChI is InChI=1S/C21H24F3NO4S/c1-29-20(26)15-7-3-6-13-18(16-10-4-2-5-11-16)25-30(27,28)19-14-9-8-12-17(19)21(22,23)24/h2,4-5,8-12,14,18,25H,3,6-7,13,15H2,1H3. The van der Waals surface area contributed by atoms with Crippen molar-refractivity contribution < 1.29 is 31.1 Å². The summed E-state index contributed by atoms with van der Waals surface area (Å²) in [4.78, 5) is 10.4. The number of hydrogen-bond donors (Lipinski definition) is 1. The molecular formula is C21H24F3NO4S. The van der Waals surface area contributed by atoms with Crippen molar-refractivity contribution in [2.75, 3.05) is 7.11 Å². The molecule has 0 fully saturated rings. The van der Waals surface area contributed by atoms with Gasteiger partial charge in [-0.05, 0) is 30.5 Å². The summed E-state index contributed by atoms with van der Waals surface area (Å²) >= 11 is 0. The quantitative estimate of drug-likeness (QED) is 0.421. The smallest absolute Gasteiger partial charge is 0.417 e. The zero-order chi connectivity index (χ0) is 22.2. The summed E-state index contributed by atoms with van der Waals surface area (Å²) in [5.41, 5.74) is -0.555. The third kappa shape index (κ3) is 6.84. The number of sulfonamides is 1. The van der Waals surface area contributed by atoms with Crippen LogP contribution in [-0.4, -0.2) is 21.5 Å². The van der Waals surface area contributed by atoms with Crippen LogP contribution in [0.2, 0.25) is 0 Å². The van der Waals surface area contributed by atoms with E-state index in [2.05, 4.69) is 9.46 Å². The maximum absolute atomic E-state index is 13.3. The second-order valence-electron chi connectivity index (χ2n) is 6.75. The van der Waals surface area contributed by atoms with Crippen molar-refractivity contribution >= 4 is 16.0 Å². The third-order valence-electron chi connectivity index (χ3n) is 4.58. The van der Waals surface area contributed by atoms with E-state index in [1.165, 1.54) is 13.2 Å². The van der Waals surface area contributed by atoms with Crippen LogP contribution < -0.4 is 4.72 Å². The Balaban J connectivity index is 2.19. The third-order valence-corrected chi connectivity index (χ3v) is 6.11. The largest absolute Gasteiger partial charge is 0.469 e. The van der Waals surface area contributed by atoms with Gasteiger partial charge in [-0.25, -0.2) is 13.1 Å². The number of methoxy groups -OCH3 is 1. The fraction of sp³-hybridized carbons (Fsp3) is 0.381. The van der Waals surface area contributed by atoms with E-state index in [0.717, 1.165) is 18.2 Å². The Bertz CT molecular complexity index is 931. The molecule has 0 aliphatic rings. The maximum Gasteiger partial charge on any atom is 0.417 e. The van der Waals surface area contributed by atoms with E-state index < -0.39 is 32.7 Å². The van der Waals surface area contributed by atoms with E-state index in [0.29, 0.717) is 31.2 Å². The van der Waals surface area contributed by atoms with Crippen LogP contribution in [0.15, 0.2) is 59.5 Å². The van der Waals surface area contributed by atoms with Crippen molar-refractivity contribution in [3.05, 3.63) is 65.7 Å². The average molecular weight is 443 g/mol. The van der Waals surface area contributed by atoms with Crippen molar-refractivity contribution in [2.24, 2.45) is 0 Å². The van der Waals surface area contributed by atoms with Crippen LogP contribution in [0.3, 0.4) is 0 Å². The van der Waals surface area contributed by atoms with E-state index >= 15 is 0 Å². The van der Waals surface area contributed by atoms with Gasteiger partial charge in [0, 0.05) is 12.5 Å². The van der Waals surface area contributed by atoms with Crippen LogP contribution in [-0.2, 0) is 25.7 Å². The second kappa shape index (κ2) is 10.6. The zero-order valence-corrected chi connectivity index (χ0v) is 17.3. The minimum atomic E-state index is -4.79. The fourth-order valence-electron chi connectivity index (χ4n) is 3.06. The SMILES string of the molecule is COC(=O)CCCCCC(NS(=O)(=O)c1ccccc1C(F)(F)F)c1ccccc1. The predicted molar refractivity (Wildman–Crippen MR) is 106 cm³/mol. The van der Waals surface area contributed by atoms with Gasteiger partial charge in [0.2, 0.25) is 10.0 Å². The van der Waals surface area contributed by atoms with Crippen molar-refractivity contribution in [1.29, 1.82) is 0 Å². The van der Waals surface area contributed by atoms with Gasteiger partial charge in [0.1, 0.15) is 0 Å². The highest BCUT2D eigenvalue weighted by Gasteiger charge is 2.37. The Morgan fingerprint density at radius 3 is 2.27 bits per heavy atom. The lowest BCUT2D eigenvalue weighted by molar-refractivity contribution is -0.141. The average Bonchev–Trinajstić information content (AvgIpc) is 2.72.